The van der Waals surface area contributed by atoms with Crippen molar-refractivity contribution in [3.05, 3.63) is 57.4 Å². The Bertz CT molecular complexity index is 1030. The summed E-state index contributed by atoms with van der Waals surface area (Å²) >= 11 is 6.77. The predicted molar refractivity (Wildman–Crippen MR) is 145 cm³/mol. The van der Waals surface area contributed by atoms with E-state index in [1.165, 1.54) is 27.8 Å². The first-order chi connectivity index (χ1) is 14.8. The van der Waals surface area contributed by atoms with Gasteiger partial charge in [0.15, 0.2) is 0 Å². The fraction of sp³-hybridized carbons (Fsp3) is 0.586. The highest BCUT2D eigenvalue weighted by atomic mass is 35.7. The first kappa shape index (κ1) is 26.4. The van der Waals surface area contributed by atoms with Gasteiger partial charge < -0.3 is 9.05 Å². The van der Waals surface area contributed by atoms with Crippen molar-refractivity contribution in [3.8, 4) is 5.75 Å². The van der Waals surface area contributed by atoms with Crippen LogP contribution >= 0.6 is 19.0 Å². The van der Waals surface area contributed by atoms with Gasteiger partial charge in [0.05, 0.1) is 0 Å². The lowest BCUT2D eigenvalue weighted by Crippen LogP contribution is -2.22. The van der Waals surface area contributed by atoms with Crippen molar-refractivity contribution in [1.29, 1.82) is 0 Å². The summed E-state index contributed by atoms with van der Waals surface area (Å²) in [5, 5.41) is 0. The fourth-order valence-electron chi connectivity index (χ4n) is 4.21. The van der Waals surface area contributed by atoms with Gasteiger partial charge in [-0.3, -0.25) is 0 Å². The zero-order chi connectivity index (χ0) is 25.1. The Balaban J connectivity index is 2.38. The molecule has 1 atom stereocenters. The molecule has 3 rings (SSSR count). The smallest absolute Gasteiger partial charge is 0.401 e. The molecule has 0 fully saturated rings. The van der Waals surface area contributed by atoms with Crippen LogP contribution in [0.2, 0.25) is 0 Å². The highest BCUT2D eigenvalue weighted by Crippen LogP contribution is 2.56. The number of hydrogen-bond acceptors (Lipinski definition) is 2. The Hall–Kier alpha value is -1.24. The molecule has 0 bridgehead atoms. The van der Waals surface area contributed by atoms with E-state index in [4.69, 9.17) is 20.3 Å². The van der Waals surface area contributed by atoms with Crippen LogP contribution in [0.5, 0.6) is 5.75 Å². The molecule has 0 spiro atoms. The molecule has 4 heteroatoms. The van der Waals surface area contributed by atoms with Crippen LogP contribution in [-0.2, 0) is 15.4 Å². The van der Waals surface area contributed by atoms with Crippen LogP contribution in [0.15, 0.2) is 40.7 Å². The van der Waals surface area contributed by atoms with E-state index < -0.39 is 7.73 Å². The first-order valence-electron chi connectivity index (χ1n) is 12.0. The average molecular weight is 489 g/mol. The molecule has 0 amide bonds. The summed E-state index contributed by atoms with van der Waals surface area (Å²) in [4.78, 5) is 0. The molecule has 0 saturated carbocycles. The lowest BCUT2D eigenvalue weighted by atomic mass is 9.73. The molecule has 1 heterocycles. The second kappa shape index (κ2) is 8.46. The van der Waals surface area contributed by atoms with E-state index in [1.54, 1.807) is 0 Å². The number of hydrogen-bond donors (Lipinski definition) is 0. The molecule has 2 nitrogen and oxygen atoms in total. The second-order valence-electron chi connectivity index (χ2n) is 13.6. The SMILES string of the molecule is CC(C)(C)C1=CC(C(C)(C)C)=C2OP(Cl)Oc3c(cc(C(C)(C)C)cc3C(C)(C)C)C=C2C1. The van der Waals surface area contributed by atoms with Crippen molar-refractivity contribution in [3.63, 3.8) is 0 Å². The largest absolute Gasteiger partial charge is 0.427 e. The molecule has 33 heavy (non-hydrogen) atoms. The van der Waals surface area contributed by atoms with Crippen molar-refractivity contribution >= 4 is 25.0 Å². The maximum atomic E-state index is 6.77. The van der Waals surface area contributed by atoms with Gasteiger partial charge in [0.1, 0.15) is 11.5 Å². The third-order valence-electron chi connectivity index (χ3n) is 6.45. The molecule has 182 valence electrons. The molecule has 0 saturated heterocycles. The lowest BCUT2D eigenvalue weighted by molar-refractivity contribution is 0.384. The van der Waals surface area contributed by atoms with Gasteiger partial charge in [-0.1, -0.05) is 101 Å². The van der Waals surface area contributed by atoms with Crippen molar-refractivity contribution in [2.75, 3.05) is 0 Å². The second-order valence-corrected chi connectivity index (χ2v) is 15.2. The molecular weight excluding hydrogens is 447 g/mol. The molecule has 0 N–H and O–H groups in total. The minimum Gasteiger partial charge on any atom is -0.427 e. The number of rotatable bonds is 0. The molecule has 0 radical (unpaired) electrons. The zero-order valence-electron chi connectivity index (χ0n) is 22.7. The molecule has 1 aliphatic heterocycles. The Morgan fingerprint density at radius 3 is 1.82 bits per heavy atom. The zero-order valence-corrected chi connectivity index (χ0v) is 24.3. The summed E-state index contributed by atoms with van der Waals surface area (Å²) < 4.78 is 12.8. The Kier molecular flexibility index (Phi) is 6.76. The Labute approximate surface area is 208 Å². The third-order valence-corrected chi connectivity index (χ3v) is 7.52. The van der Waals surface area contributed by atoms with E-state index in [2.05, 4.69) is 107 Å². The van der Waals surface area contributed by atoms with Crippen LogP contribution < -0.4 is 4.52 Å². The van der Waals surface area contributed by atoms with Gasteiger partial charge in [-0.2, -0.15) is 0 Å². The highest BCUT2D eigenvalue weighted by Gasteiger charge is 2.35. The minimum atomic E-state index is -1.64. The molecule has 1 aliphatic carbocycles. The van der Waals surface area contributed by atoms with Crippen molar-refractivity contribution in [1.82, 2.24) is 0 Å². The van der Waals surface area contributed by atoms with Crippen molar-refractivity contribution in [2.45, 2.75) is 100 Å². The number of allylic oxidation sites excluding steroid dienone is 4. The van der Waals surface area contributed by atoms with E-state index in [-0.39, 0.29) is 21.7 Å². The maximum Gasteiger partial charge on any atom is 0.401 e. The summed E-state index contributed by atoms with van der Waals surface area (Å²) in [6, 6.07) is 4.57. The van der Waals surface area contributed by atoms with E-state index in [9.17, 15) is 0 Å². The van der Waals surface area contributed by atoms with E-state index in [1.807, 2.05) is 0 Å². The normalized spacial score (nSPS) is 20.0. The van der Waals surface area contributed by atoms with E-state index in [0.717, 1.165) is 23.5 Å². The quantitative estimate of drug-likeness (QED) is 0.338. The average Bonchev–Trinajstić information content (AvgIpc) is 2.58. The van der Waals surface area contributed by atoms with Gasteiger partial charge in [-0.15, -0.1) is 0 Å². The first-order valence-corrected chi connectivity index (χ1v) is 14.0. The van der Waals surface area contributed by atoms with Crippen LogP contribution in [0.25, 0.3) is 6.08 Å². The van der Waals surface area contributed by atoms with Crippen LogP contribution in [-0.4, -0.2) is 0 Å². The van der Waals surface area contributed by atoms with Crippen LogP contribution in [0.3, 0.4) is 0 Å². The summed E-state index contributed by atoms with van der Waals surface area (Å²) in [6.07, 6.45) is 5.47. The lowest BCUT2D eigenvalue weighted by Gasteiger charge is -2.36. The van der Waals surface area contributed by atoms with Gasteiger partial charge in [0, 0.05) is 16.7 Å². The topological polar surface area (TPSA) is 18.5 Å². The molecule has 2 aliphatic rings. The molecule has 1 unspecified atom stereocenters. The number of benzene rings is 1. The number of fused-ring (bicyclic) bond motifs is 2. The molecular formula is C29H42ClO2P. The van der Waals surface area contributed by atoms with E-state index >= 15 is 0 Å². The Morgan fingerprint density at radius 2 is 1.33 bits per heavy atom. The Morgan fingerprint density at radius 1 is 0.727 bits per heavy atom. The maximum absolute atomic E-state index is 6.77. The van der Waals surface area contributed by atoms with Crippen molar-refractivity contribution < 1.29 is 9.05 Å². The standard InChI is InChI=1S/C29H42ClO2P/c1-26(2,3)20-14-18-13-19-15-21(27(4,5)6)17-23(29(10,11)12)25(19)32-33(30)31-24(18)22(16-20)28(7,8)9/h13-14,16-17H,15H2,1-12H3. The van der Waals surface area contributed by atoms with Gasteiger partial charge in [-0.25, -0.2) is 0 Å². The minimum absolute atomic E-state index is 0.0242. The van der Waals surface area contributed by atoms with E-state index in [0.29, 0.717) is 0 Å². The van der Waals surface area contributed by atoms with Crippen LogP contribution in [0.4, 0.5) is 0 Å². The van der Waals surface area contributed by atoms with Crippen LogP contribution in [0, 0.1) is 10.8 Å². The molecule has 0 aromatic heterocycles. The fourth-order valence-corrected chi connectivity index (χ4v) is 5.37. The molecule has 1 aromatic rings. The highest BCUT2D eigenvalue weighted by molar-refractivity contribution is 7.76. The van der Waals surface area contributed by atoms with Crippen molar-refractivity contribution in [2.24, 2.45) is 10.8 Å². The summed E-state index contributed by atoms with van der Waals surface area (Å²) in [5.74, 6) is 1.74. The van der Waals surface area contributed by atoms with Gasteiger partial charge in [0.2, 0.25) is 0 Å². The van der Waals surface area contributed by atoms with Gasteiger partial charge in [-0.05, 0) is 62.6 Å². The monoisotopic (exact) mass is 488 g/mol. The summed E-state index contributed by atoms with van der Waals surface area (Å²) in [5.41, 5.74) is 7.29. The third kappa shape index (κ3) is 5.71. The van der Waals surface area contributed by atoms with Crippen LogP contribution in [0.1, 0.15) is 106 Å². The predicted octanol–water partition coefficient (Wildman–Crippen LogP) is 10.2. The molecule has 1 aromatic carbocycles. The van der Waals surface area contributed by atoms with Gasteiger partial charge in [0.25, 0.3) is 0 Å². The summed E-state index contributed by atoms with van der Waals surface area (Å²) in [6.45, 7) is 27.0. The number of halogens is 1. The van der Waals surface area contributed by atoms with Gasteiger partial charge >= 0.3 is 7.73 Å². The summed E-state index contributed by atoms with van der Waals surface area (Å²) in [7, 11) is -1.64.